The van der Waals surface area contributed by atoms with Gasteiger partial charge in [-0.25, -0.2) is 0 Å². The van der Waals surface area contributed by atoms with Gasteiger partial charge in [-0.1, -0.05) is 0 Å². The standard InChI is InChI=1S/C14H20N4O3S/c1-11-5-6-14(21-11)13-4-3-9-18(13)22(19,20)16-10-12-7-8-15-17(12)2/h5-8,13,16H,3-4,9-10H2,1-2H3. The molecule has 1 aliphatic heterocycles. The van der Waals surface area contributed by atoms with E-state index in [1.165, 1.54) is 4.31 Å². The maximum atomic E-state index is 12.6. The summed E-state index contributed by atoms with van der Waals surface area (Å²) in [5, 5.41) is 4.03. The lowest BCUT2D eigenvalue weighted by atomic mass is 10.2. The summed E-state index contributed by atoms with van der Waals surface area (Å²) in [7, 11) is -1.77. The van der Waals surface area contributed by atoms with E-state index in [2.05, 4.69) is 9.82 Å². The van der Waals surface area contributed by atoms with Crippen LogP contribution in [-0.2, 0) is 23.8 Å². The molecule has 0 bridgehead atoms. The Kier molecular flexibility index (Phi) is 4.07. The van der Waals surface area contributed by atoms with Crippen molar-refractivity contribution in [3.05, 3.63) is 41.6 Å². The molecule has 3 rings (SSSR count). The number of furan rings is 1. The second-order valence-electron chi connectivity index (χ2n) is 5.49. The van der Waals surface area contributed by atoms with Crippen LogP contribution in [-0.4, -0.2) is 29.0 Å². The molecule has 8 heteroatoms. The van der Waals surface area contributed by atoms with E-state index in [4.69, 9.17) is 4.42 Å². The summed E-state index contributed by atoms with van der Waals surface area (Å²) in [5.74, 6) is 1.50. The van der Waals surface area contributed by atoms with Gasteiger partial charge in [-0.15, -0.1) is 0 Å². The van der Waals surface area contributed by atoms with Crippen molar-refractivity contribution in [3.8, 4) is 0 Å². The van der Waals surface area contributed by atoms with Gasteiger partial charge < -0.3 is 4.42 Å². The lowest BCUT2D eigenvalue weighted by Gasteiger charge is -2.22. The summed E-state index contributed by atoms with van der Waals surface area (Å²) in [4.78, 5) is 0. The van der Waals surface area contributed by atoms with E-state index >= 15 is 0 Å². The molecular weight excluding hydrogens is 304 g/mol. The molecule has 0 spiro atoms. The molecule has 0 amide bonds. The molecule has 1 fully saturated rings. The van der Waals surface area contributed by atoms with Crippen LogP contribution in [0.2, 0.25) is 0 Å². The molecule has 3 heterocycles. The smallest absolute Gasteiger partial charge is 0.280 e. The van der Waals surface area contributed by atoms with Gasteiger partial charge in [0.15, 0.2) is 0 Å². The van der Waals surface area contributed by atoms with Crippen LogP contribution in [0.3, 0.4) is 0 Å². The normalized spacial score (nSPS) is 19.8. The molecule has 1 atom stereocenters. The summed E-state index contributed by atoms with van der Waals surface area (Å²) in [6.45, 7) is 2.59. The maximum absolute atomic E-state index is 12.6. The third-order valence-corrected chi connectivity index (χ3v) is 5.52. The van der Waals surface area contributed by atoms with Crippen molar-refractivity contribution in [2.75, 3.05) is 6.54 Å². The second kappa shape index (κ2) is 5.86. The molecule has 1 N–H and O–H groups in total. The Bertz CT molecular complexity index is 750. The van der Waals surface area contributed by atoms with E-state index in [0.717, 1.165) is 24.3 Å². The Labute approximate surface area is 130 Å². The van der Waals surface area contributed by atoms with Crippen molar-refractivity contribution in [2.24, 2.45) is 7.05 Å². The second-order valence-corrected chi connectivity index (χ2v) is 7.20. The van der Waals surface area contributed by atoms with Gasteiger partial charge in [0.2, 0.25) is 0 Å². The summed E-state index contributed by atoms with van der Waals surface area (Å²) < 4.78 is 36.5. The number of hydrogen-bond acceptors (Lipinski definition) is 4. The van der Waals surface area contributed by atoms with Gasteiger partial charge in [0.05, 0.1) is 18.3 Å². The quantitative estimate of drug-likeness (QED) is 0.903. The van der Waals surface area contributed by atoms with E-state index in [1.807, 2.05) is 19.1 Å². The summed E-state index contributed by atoms with van der Waals surface area (Å²) in [6, 6.07) is 5.29. The van der Waals surface area contributed by atoms with Gasteiger partial charge in [-0.3, -0.25) is 4.68 Å². The number of nitrogens with one attached hydrogen (secondary N) is 1. The number of nitrogens with zero attached hydrogens (tertiary/aromatic N) is 3. The van der Waals surface area contributed by atoms with Gasteiger partial charge in [-0.05, 0) is 38.0 Å². The minimum atomic E-state index is -3.56. The Balaban J connectivity index is 1.74. The topological polar surface area (TPSA) is 80.4 Å². The van der Waals surface area contributed by atoms with Gasteiger partial charge >= 0.3 is 0 Å². The molecule has 0 radical (unpaired) electrons. The highest BCUT2D eigenvalue weighted by molar-refractivity contribution is 7.87. The van der Waals surface area contributed by atoms with Crippen molar-refractivity contribution >= 4 is 10.2 Å². The molecular formula is C14H20N4O3S. The molecule has 0 aliphatic carbocycles. The van der Waals surface area contributed by atoms with Crippen molar-refractivity contribution in [1.29, 1.82) is 0 Å². The zero-order valence-corrected chi connectivity index (χ0v) is 13.5. The molecule has 1 saturated heterocycles. The number of rotatable bonds is 5. The number of aryl methyl sites for hydroxylation is 2. The highest BCUT2D eigenvalue weighted by atomic mass is 32.2. The van der Waals surface area contributed by atoms with Crippen LogP contribution >= 0.6 is 0 Å². The average Bonchev–Trinajstić information content (AvgIpc) is 3.16. The lowest BCUT2D eigenvalue weighted by molar-refractivity contribution is 0.330. The third-order valence-electron chi connectivity index (χ3n) is 3.96. The largest absolute Gasteiger partial charge is 0.465 e. The minimum Gasteiger partial charge on any atom is -0.465 e. The van der Waals surface area contributed by atoms with Crippen LogP contribution < -0.4 is 4.72 Å². The molecule has 0 aromatic carbocycles. The minimum absolute atomic E-state index is 0.221. The highest BCUT2D eigenvalue weighted by Gasteiger charge is 2.36. The molecule has 1 aliphatic rings. The van der Waals surface area contributed by atoms with Crippen LogP contribution in [0.25, 0.3) is 0 Å². The van der Waals surface area contributed by atoms with E-state index in [9.17, 15) is 8.42 Å². The Hall–Kier alpha value is -1.64. The first-order chi connectivity index (χ1) is 10.5. The predicted octanol–water partition coefficient (Wildman–Crippen LogP) is 1.49. The molecule has 2 aromatic rings. The zero-order chi connectivity index (χ0) is 15.7. The number of hydrogen-bond donors (Lipinski definition) is 1. The van der Waals surface area contributed by atoms with Crippen molar-refractivity contribution in [1.82, 2.24) is 18.8 Å². The van der Waals surface area contributed by atoms with Gasteiger partial charge in [-0.2, -0.15) is 22.5 Å². The van der Waals surface area contributed by atoms with E-state index < -0.39 is 10.2 Å². The van der Waals surface area contributed by atoms with E-state index in [0.29, 0.717) is 12.3 Å². The van der Waals surface area contributed by atoms with Crippen molar-refractivity contribution < 1.29 is 12.8 Å². The van der Waals surface area contributed by atoms with Crippen LogP contribution in [0.1, 0.15) is 36.1 Å². The van der Waals surface area contributed by atoms with E-state index in [-0.39, 0.29) is 12.6 Å². The fourth-order valence-corrected chi connectivity index (χ4v) is 4.18. The van der Waals surface area contributed by atoms with Gasteiger partial charge in [0.1, 0.15) is 11.5 Å². The Morgan fingerprint density at radius 2 is 2.23 bits per heavy atom. The van der Waals surface area contributed by atoms with Crippen LogP contribution in [0.5, 0.6) is 0 Å². The predicted molar refractivity (Wildman–Crippen MR) is 81.1 cm³/mol. The van der Waals surface area contributed by atoms with Crippen LogP contribution in [0.15, 0.2) is 28.8 Å². The maximum Gasteiger partial charge on any atom is 0.280 e. The molecule has 120 valence electrons. The average molecular weight is 324 g/mol. The molecule has 0 saturated carbocycles. The van der Waals surface area contributed by atoms with Crippen molar-refractivity contribution in [2.45, 2.75) is 32.4 Å². The highest BCUT2D eigenvalue weighted by Crippen LogP contribution is 2.34. The number of aromatic nitrogens is 2. The molecule has 2 aromatic heterocycles. The molecule has 22 heavy (non-hydrogen) atoms. The SMILES string of the molecule is Cc1ccc(C2CCCN2S(=O)(=O)NCc2ccnn2C)o1. The zero-order valence-electron chi connectivity index (χ0n) is 12.7. The first kappa shape index (κ1) is 15.3. The van der Waals surface area contributed by atoms with Gasteiger partial charge in [0.25, 0.3) is 10.2 Å². The van der Waals surface area contributed by atoms with Crippen molar-refractivity contribution in [3.63, 3.8) is 0 Å². The fraction of sp³-hybridized carbons (Fsp3) is 0.500. The Morgan fingerprint density at radius 1 is 1.41 bits per heavy atom. The first-order valence-electron chi connectivity index (χ1n) is 7.27. The molecule has 1 unspecified atom stereocenters. The van der Waals surface area contributed by atoms with Gasteiger partial charge in [0, 0.05) is 19.8 Å². The summed E-state index contributed by atoms with van der Waals surface area (Å²) in [5.41, 5.74) is 0.813. The van der Waals surface area contributed by atoms with Crippen LogP contribution in [0.4, 0.5) is 0 Å². The van der Waals surface area contributed by atoms with Crippen LogP contribution in [0, 0.1) is 6.92 Å². The third kappa shape index (κ3) is 2.94. The first-order valence-corrected chi connectivity index (χ1v) is 8.71. The summed E-state index contributed by atoms with van der Waals surface area (Å²) in [6.07, 6.45) is 3.25. The lowest BCUT2D eigenvalue weighted by Crippen LogP contribution is -2.40. The van der Waals surface area contributed by atoms with E-state index in [1.54, 1.807) is 24.0 Å². The Morgan fingerprint density at radius 3 is 2.86 bits per heavy atom. The molecule has 7 nitrogen and oxygen atoms in total. The fourth-order valence-electron chi connectivity index (χ4n) is 2.77. The summed E-state index contributed by atoms with van der Waals surface area (Å²) >= 11 is 0. The monoisotopic (exact) mass is 324 g/mol.